The van der Waals surface area contributed by atoms with Gasteiger partial charge in [0, 0.05) is 33.5 Å². The van der Waals surface area contributed by atoms with Crippen LogP contribution < -0.4 is 0 Å². The molecule has 0 spiro atoms. The SMILES string of the molecule is CC1=CC[C@H](OCc2ccccc2)[C@H]1COCc1ccccc1.C[C@@H]1C=C[C@H](OCc2ccccc2)[C@H]1COCc1ccccc1.O=[N+]([O-])C([C@@H]1C=C[C@H](O)[C@H]1COCc1ccccc1)S(=O)(=O)c1ccccc1.O=[N+]([O-])C([C@@H]1C=C[C@H](OCc2ccccc2)[C@H]1COCc1ccccc1)S(=O)(=O)c1ccccc1. The van der Waals surface area contributed by atoms with Crippen LogP contribution in [-0.4, -0.2) is 93.4 Å². The maximum absolute atomic E-state index is 13.3. The molecule has 4 aliphatic rings. The number of sulfone groups is 2. The second-order valence-corrected chi connectivity index (χ2v) is 31.5. The number of hydrogen-bond donors (Lipinski definition) is 1. The molecule has 0 bridgehead atoms. The summed E-state index contributed by atoms with van der Waals surface area (Å²) in [5, 5.41) is 30.4. The summed E-state index contributed by atoms with van der Waals surface area (Å²) in [6, 6.07) is 84.7. The van der Waals surface area contributed by atoms with E-state index in [1.807, 2.05) is 152 Å². The zero-order valence-electron chi connectivity index (χ0n) is 61.3. The number of allylic oxidation sites excluding steroid dienone is 1. The van der Waals surface area contributed by atoms with Crippen molar-refractivity contribution in [2.45, 2.75) is 111 Å². The molecule has 0 saturated heterocycles. The maximum Gasteiger partial charge on any atom is 0.321 e. The van der Waals surface area contributed by atoms with E-state index in [0.29, 0.717) is 57.4 Å². The van der Waals surface area contributed by atoms with Crippen molar-refractivity contribution < 1.29 is 64.9 Å². The molecule has 9 aromatic carbocycles. The number of hydrogen-bond acceptors (Lipinski definition) is 16. The van der Waals surface area contributed by atoms with E-state index in [4.69, 9.17) is 33.2 Å². The normalized spacial score (nSPS) is 21.7. The number of benzene rings is 9. The lowest BCUT2D eigenvalue weighted by Gasteiger charge is -2.27. The van der Waals surface area contributed by atoms with Crippen molar-refractivity contribution in [3.05, 3.63) is 380 Å². The molecule has 109 heavy (non-hydrogen) atoms. The Morgan fingerprint density at radius 2 is 0.670 bits per heavy atom. The summed E-state index contributed by atoms with van der Waals surface area (Å²) in [7, 11) is -8.48. The van der Waals surface area contributed by atoms with E-state index in [1.165, 1.54) is 76.4 Å². The van der Waals surface area contributed by atoms with E-state index in [1.54, 1.807) is 36.4 Å². The van der Waals surface area contributed by atoms with Gasteiger partial charge in [-0.3, -0.25) is 20.2 Å². The zero-order chi connectivity index (χ0) is 76.6. The zero-order valence-corrected chi connectivity index (χ0v) is 62.9. The van der Waals surface area contributed by atoms with E-state index < -0.39 is 76.1 Å². The van der Waals surface area contributed by atoms with Gasteiger partial charge in [-0.05, 0) is 82.5 Å². The highest BCUT2D eigenvalue weighted by Crippen LogP contribution is 2.39. The summed E-state index contributed by atoms with van der Waals surface area (Å²) in [5.74, 6) is -1.93. The topological polar surface area (TPSA) is 239 Å². The fourth-order valence-corrected chi connectivity index (χ4v) is 17.1. The molecule has 0 amide bonds. The molecule has 20 heteroatoms. The molecule has 0 aliphatic heterocycles. The summed E-state index contributed by atoms with van der Waals surface area (Å²) in [6.07, 6.45) is 12.7. The highest BCUT2D eigenvalue weighted by molar-refractivity contribution is 7.92. The lowest BCUT2D eigenvalue weighted by molar-refractivity contribution is -0.506. The molecule has 13 atom stereocenters. The fourth-order valence-electron chi connectivity index (χ4n) is 13.6. The van der Waals surface area contributed by atoms with Crippen molar-refractivity contribution in [1.82, 2.24) is 0 Å². The van der Waals surface area contributed by atoms with Gasteiger partial charge in [0.1, 0.15) is 0 Å². The van der Waals surface area contributed by atoms with Crippen molar-refractivity contribution in [2.75, 3.05) is 26.4 Å². The van der Waals surface area contributed by atoms with Gasteiger partial charge in [-0.15, -0.1) is 0 Å². The molecule has 570 valence electrons. The number of nitrogens with zero attached hydrogens (tertiary/aromatic N) is 2. The van der Waals surface area contributed by atoms with Gasteiger partial charge >= 0.3 is 10.7 Å². The molecule has 0 aromatic heterocycles. The minimum absolute atomic E-state index is 0.00236. The van der Waals surface area contributed by atoms with E-state index >= 15 is 0 Å². The number of rotatable bonds is 33. The van der Waals surface area contributed by atoms with Crippen LogP contribution in [0.5, 0.6) is 0 Å². The second-order valence-electron chi connectivity index (χ2n) is 27.4. The third kappa shape index (κ3) is 24.4. The quantitative estimate of drug-likeness (QED) is 0.0228. The summed E-state index contributed by atoms with van der Waals surface area (Å²) in [4.78, 5) is 22.2. The predicted molar refractivity (Wildman–Crippen MR) is 420 cm³/mol. The molecule has 2 unspecified atom stereocenters. The van der Waals surface area contributed by atoms with Crippen LogP contribution in [0.2, 0.25) is 0 Å². The van der Waals surface area contributed by atoms with Crippen LogP contribution in [-0.2, 0) is 99.1 Å². The summed E-state index contributed by atoms with van der Waals surface area (Å²) in [5.41, 5.74) is 9.08. The third-order valence-electron chi connectivity index (χ3n) is 19.7. The van der Waals surface area contributed by atoms with Gasteiger partial charge in [-0.25, -0.2) is 16.8 Å². The van der Waals surface area contributed by atoms with Gasteiger partial charge in [0.05, 0.1) is 119 Å². The third-order valence-corrected chi connectivity index (χ3v) is 23.8. The van der Waals surface area contributed by atoms with Crippen LogP contribution in [0.3, 0.4) is 0 Å². The summed E-state index contributed by atoms with van der Waals surface area (Å²) in [6.45, 7) is 9.50. The predicted octanol–water partition coefficient (Wildman–Crippen LogP) is 16.5. The first kappa shape index (κ1) is 81.8. The van der Waals surface area contributed by atoms with Gasteiger partial charge in [0.25, 0.3) is 0 Å². The van der Waals surface area contributed by atoms with Crippen LogP contribution in [0.1, 0.15) is 59.2 Å². The Hall–Kier alpha value is -9.68. The van der Waals surface area contributed by atoms with Crippen molar-refractivity contribution in [1.29, 1.82) is 0 Å². The Balaban J connectivity index is 0.000000157. The molecule has 0 saturated carbocycles. The van der Waals surface area contributed by atoms with E-state index in [-0.39, 0.29) is 41.8 Å². The Labute approximate surface area is 640 Å². The highest BCUT2D eigenvalue weighted by atomic mass is 32.2. The molecule has 0 fully saturated rings. The highest BCUT2D eigenvalue weighted by Gasteiger charge is 2.52. The number of ether oxygens (including phenoxy) is 7. The smallest absolute Gasteiger partial charge is 0.321 e. The molecular formula is C89H96N2O16S2. The van der Waals surface area contributed by atoms with Crippen molar-refractivity contribution >= 4 is 19.7 Å². The molecule has 9 aromatic rings. The average molecular weight is 1510 g/mol. The summed E-state index contributed by atoms with van der Waals surface area (Å²) >= 11 is 0. The van der Waals surface area contributed by atoms with Crippen molar-refractivity contribution in [3.8, 4) is 0 Å². The number of aliphatic hydroxyl groups excluding tert-OH is 1. The largest absolute Gasteiger partial charge is 0.389 e. The molecule has 0 heterocycles. The molecule has 18 nitrogen and oxygen atoms in total. The van der Waals surface area contributed by atoms with Crippen LogP contribution in [0, 0.1) is 61.7 Å². The van der Waals surface area contributed by atoms with Crippen LogP contribution in [0.25, 0.3) is 0 Å². The van der Waals surface area contributed by atoms with Crippen LogP contribution >= 0.6 is 0 Å². The van der Waals surface area contributed by atoms with Crippen molar-refractivity contribution in [2.24, 2.45) is 41.4 Å². The number of aliphatic hydroxyl groups is 1. The Morgan fingerprint density at radius 1 is 0.376 bits per heavy atom. The number of nitro groups is 2. The van der Waals surface area contributed by atoms with Gasteiger partial charge in [-0.2, -0.15) is 0 Å². The Morgan fingerprint density at radius 3 is 1.05 bits per heavy atom. The molecule has 4 aliphatic carbocycles. The van der Waals surface area contributed by atoms with Crippen molar-refractivity contribution in [3.63, 3.8) is 0 Å². The first-order valence-electron chi connectivity index (χ1n) is 36.7. The van der Waals surface area contributed by atoms with Crippen LogP contribution in [0.4, 0.5) is 0 Å². The Bertz CT molecular complexity index is 4540. The van der Waals surface area contributed by atoms with E-state index in [9.17, 15) is 42.2 Å². The second kappa shape index (κ2) is 42.3. The standard InChI is InChI=1S/C27H27NO6S.2C21H24O2.C20H21NO6S/c29-28(30)27(35(31,32)23-14-8-3-9-15-23)24-16-17-26(34-19-22-12-6-2-7-13-22)25(24)20-33-18-21-10-4-1-5-11-21;2*1-17-12-13-21(23-15-19-10-6-3-7-11-19)20(17)16-22-14-18-8-4-2-5-9-18;22-19-12-11-17(18(19)14-27-13-15-7-3-1-4-8-15)20(21(23)24)28(25,26)16-9-5-2-6-10-16/h1-17,24-27H,18-20H2;2-12,20-21H,13-16H2,1H3;2-13,17,20-21H,14-16H2,1H3;1-12,17-20,22H,13-14H2/t24-,25+,26+,27?;20-,21-;17-,20+,21+;17-,18+,19+,20?/m1011/s1. The summed E-state index contributed by atoms with van der Waals surface area (Å²) < 4.78 is 94.3. The van der Waals surface area contributed by atoms with Gasteiger partial charge in [0.2, 0.25) is 19.7 Å². The molecular weight excluding hydrogens is 1420 g/mol. The lowest BCUT2D eigenvalue weighted by Crippen LogP contribution is -2.42. The minimum atomic E-state index is -4.25. The minimum Gasteiger partial charge on any atom is -0.389 e. The lowest BCUT2D eigenvalue weighted by atomic mass is 9.94. The molecule has 1 N–H and O–H groups in total. The first-order valence-corrected chi connectivity index (χ1v) is 39.8. The van der Waals surface area contributed by atoms with Gasteiger partial charge < -0.3 is 38.3 Å². The molecule has 0 radical (unpaired) electrons. The van der Waals surface area contributed by atoms with E-state index in [0.717, 1.165) is 36.3 Å². The molecule has 13 rings (SSSR count). The average Bonchev–Trinajstić information content (AvgIpc) is 1.72. The van der Waals surface area contributed by atoms with E-state index in [2.05, 4.69) is 92.7 Å². The van der Waals surface area contributed by atoms with Gasteiger partial charge in [-0.1, -0.05) is 304 Å². The fraction of sp³-hybridized carbons (Fsp3) is 0.303. The Kier molecular flexibility index (Phi) is 31.8. The first-order chi connectivity index (χ1) is 53.0. The van der Waals surface area contributed by atoms with Gasteiger partial charge in [0.15, 0.2) is 0 Å². The monoisotopic (exact) mass is 1510 g/mol. The maximum atomic E-state index is 13.3. The van der Waals surface area contributed by atoms with Crippen LogP contribution in [0.15, 0.2) is 331 Å².